The molecule has 1 aromatic rings. The maximum Gasteiger partial charge on any atom is 0.340 e. The Labute approximate surface area is 125 Å². The average Bonchev–Trinajstić information content (AvgIpc) is 2.32. The SMILES string of the molecule is CSCC(C)OC(=O)c1cc(N=C=S)c(F)cc1Cl. The van der Waals surface area contributed by atoms with Crippen molar-refractivity contribution < 1.29 is 13.9 Å². The normalized spacial score (nSPS) is 11.6. The number of hydrogen-bond acceptors (Lipinski definition) is 5. The van der Waals surface area contributed by atoms with Crippen molar-refractivity contribution in [3.63, 3.8) is 0 Å². The van der Waals surface area contributed by atoms with E-state index in [4.69, 9.17) is 16.3 Å². The van der Waals surface area contributed by atoms with E-state index in [0.29, 0.717) is 5.75 Å². The molecule has 0 aliphatic heterocycles. The molecule has 0 amide bonds. The molecule has 0 aromatic heterocycles. The highest BCUT2D eigenvalue weighted by atomic mass is 35.5. The van der Waals surface area contributed by atoms with Gasteiger partial charge in [-0.15, -0.1) is 0 Å². The lowest BCUT2D eigenvalue weighted by Crippen LogP contribution is -2.17. The third-order valence-corrected chi connectivity index (χ3v) is 3.34. The van der Waals surface area contributed by atoms with Gasteiger partial charge in [0.15, 0.2) is 5.82 Å². The topological polar surface area (TPSA) is 38.7 Å². The third kappa shape index (κ3) is 4.58. The maximum atomic E-state index is 13.4. The van der Waals surface area contributed by atoms with E-state index in [2.05, 4.69) is 17.2 Å². The van der Waals surface area contributed by atoms with E-state index in [1.165, 1.54) is 6.07 Å². The molecule has 1 atom stereocenters. The summed E-state index contributed by atoms with van der Waals surface area (Å²) in [5.41, 5.74) is -0.0381. The largest absolute Gasteiger partial charge is 0.458 e. The predicted octanol–water partition coefficient (Wildman–Crippen LogP) is 4.12. The molecular formula is C12H11ClFNO2S2. The number of halogens is 2. The summed E-state index contributed by atoms with van der Waals surface area (Å²) in [4.78, 5) is 15.4. The molecule has 1 aromatic carbocycles. The van der Waals surface area contributed by atoms with Crippen molar-refractivity contribution >= 4 is 52.4 Å². The Bertz CT molecular complexity index is 533. The number of thiocarbonyl (C=S) groups is 1. The Kier molecular flexibility index (Phi) is 6.45. The molecule has 0 saturated heterocycles. The van der Waals surface area contributed by atoms with Crippen molar-refractivity contribution in [2.75, 3.05) is 12.0 Å². The highest BCUT2D eigenvalue weighted by molar-refractivity contribution is 7.98. The number of rotatable bonds is 5. The van der Waals surface area contributed by atoms with Gasteiger partial charge in [0.1, 0.15) is 11.8 Å². The van der Waals surface area contributed by atoms with Gasteiger partial charge in [-0.3, -0.25) is 0 Å². The second-order valence-corrected chi connectivity index (χ2v) is 5.16. The number of aliphatic imine (C=N–C) groups is 1. The molecule has 0 fully saturated rings. The van der Waals surface area contributed by atoms with E-state index in [-0.39, 0.29) is 22.4 Å². The number of hydrogen-bond donors (Lipinski definition) is 0. The standard InChI is InChI=1S/C12H11ClFNO2S2/c1-7(5-19-2)17-12(16)8-3-11(15-6-18)10(14)4-9(8)13/h3-4,7H,5H2,1-2H3. The molecule has 0 saturated carbocycles. The fourth-order valence-corrected chi connectivity index (χ4v) is 2.21. The molecule has 1 rings (SSSR count). The van der Waals surface area contributed by atoms with Gasteiger partial charge in [-0.1, -0.05) is 11.6 Å². The van der Waals surface area contributed by atoms with Gasteiger partial charge in [-0.25, -0.2) is 9.18 Å². The van der Waals surface area contributed by atoms with Crippen LogP contribution in [0, 0.1) is 5.82 Å². The second-order valence-electron chi connectivity index (χ2n) is 3.66. The second kappa shape index (κ2) is 7.60. The van der Waals surface area contributed by atoms with Crippen LogP contribution in [-0.4, -0.2) is 29.2 Å². The zero-order valence-electron chi connectivity index (χ0n) is 10.3. The quantitative estimate of drug-likeness (QED) is 0.465. The van der Waals surface area contributed by atoms with Gasteiger partial charge in [0.05, 0.1) is 15.7 Å². The van der Waals surface area contributed by atoms with Gasteiger partial charge in [0.2, 0.25) is 0 Å². The van der Waals surface area contributed by atoms with Crippen LogP contribution < -0.4 is 0 Å². The van der Waals surface area contributed by atoms with Crippen molar-refractivity contribution in [3.8, 4) is 0 Å². The number of isothiocyanates is 1. The number of thioether (sulfide) groups is 1. The van der Waals surface area contributed by atoms with Crippen LogP contribution in [0.2, 0.25) is 5.02 Å². The Hall–Kier alpha value is -0.940. The minimum Gasteiger partial charge on any atom is -0.458 e. The number of esters is 1. The summed E-state index contributed by atoms with van der Waals surface area (Å²) in [6.07, 6.45) is 1.64. The van der Waals surface area contributed by atoms with E-state index < -0.39 is 11.8 Å². The van der Waals surface area contributed by atoms with Gasteiger partial charge in [-0.2, -0.15) is 16.8 Å². The summed E-state index contributed by atoms with van der Waals surface area (Å²) in [6, 6.07) is 2.20. The molecule has 0 bridgehead atoms. The zero-order chi connectivity index (χ0) is 14.4. The summed E-state index contributed by atoms with van der Waals surface area (Å²) in [6.45, 7) is 1.77. The molecule has 7 heteroatoms. The molecule has 0 heterocycles. The first-order valence-corrected chi connectivity index (χ1v) is 7.44. The van der Waals surface area contributed by atoms with Crippen LogP contribution in [0.3, 0.4) is 0 Å². The molecule has 1 unspecified atom stereocenters. The highest BCUT2D eigenvalue weighted by Crippen LogP contribution is 2.27. The molecule has 0 aliphatic rings. The number of nitrogens with zero attached hydrogens (tertiary/aromatic N) is 1. The monoisotopic (exact) mass is 319 g/mol. The van der Waals surface area contributed by atoms with E-state index in [0.717, 1.165) is 6.07 Å². The fraction of sp³-hybridized carbons (Fsp3) is 0.333. The van der Waals surface area contributed by atoms with Crippen LogP contribution in [0.15, 0.2) is 17.1 Å². The van der Waals surface area contributed by atoms with Gasteiger partial charge >= 0.3 is 5.97 Å². The Morgan fingerprint density at radius 1 is 1.68 bits per heavy atom. The van der Waals surface area contributed by atoms with Crippen LogP contribution >= 0.6 is 35.6 Å². The number of carbonyl (C=O) groups excluding carboxylic acids is 1. The van der Waals surface area contributed by atoms with E-state index in [1.807, 2.05) is 11.4 Å². The van der Waals surface area contributed by atoms with Crippen LogP contribution in [0.5, 0.6) is 0 Å². The van der Waals surface area contributed by atoms with Gasteiger partial charge in [-0.05, 0) is 37.5 Å². The molecule has 19 heavy (non-hydrogen) atoms. The Balaban J connectivity index is 3.02. The van der Waals surface area contributed by atoms with Crippen molar-refractivity contribution in [1.82, 2.24) is 0 Å². The van der Waals surface area contributed by atoms with E-state index >= 15 is 0 Å². The molecule has 0 spiro atoms. The molecule has 102 valence electrons. The smallest absolute Gasteiger partial charge is 0.340 e. The molecule has 0 radical (unpaired) electrons. The van der Waals surface area contributed by atoms with Gasteiger partial charge in [0, 0.05) is 5.75 Å². The van der Waals surface area contributed by atoms with Gasteiger partial charge < -0.3 is 4.74 Å². The van der Waals surface area contributed by atoms with E-state index in [1.54, 1.807) is 18.7 Å². The van der Waals surface area contributed by atoms with Gasteiger partial charge in [0.25, 0.3) is 0 Å². The molecule has 0 aliphatic carbocycles. The summed E-state index contributed by atoms with van der Waals surface area (Å²) in [5, 5.41) is 2.02. The predicted molar refractivity (Wildman–Crippen MR) is 79.4 cm³/mol. The number of carbonyl (C=O) groups is 1. The highest BCUT2D eigenvalue weighted by Gasteiger charge is 2.18. The minimum atomic E-state index is -0.670. The third-order valence-electron chi connectivity index (χ3n) is 2.13. The maximum absolute atomic E-state index is 13.4. The average molecular weight is 320 g/mol. The molecular weight excluding hydrogens is 309 g/mol. The summed E-state index contributed by atoms with van der Waals surface area (Å²) in [5.74, 6) is -0.626. The Morgan fingerprint density at radius 2 is 2.37 bits per heavy atom. The molecule has 0 N–H and O–H groups in total. The number of ether oxygens (including phenoxy) is 1. The zero-order valence-corrected chi connectivity index (χ0v) is 12.7. The summed E-state index contributed by atoms with van der Waals surface area (Å²) in [7, 11) is 0. The van der Waals surface area contributed by atoms with Crippen LogP contribution in [0.1, 0.15) is 17.3 Å². The summed E-state index contributed by atoms with van der Waals surface area (Å²) < 4.78 is 18.6. The fourth-order valence-electron chi connectivity index (χ4n) is 1.34. The van der Waals surface area contributed by atoms with Crippen LogP contribution in [0.4, 0.5) is 10.1 Å². The van der Waals surface area contributed by atoms with Crippen molar-refractivity contribution in [2.45, 2.75) is 13.0 Å². The van der Waals surface area contributed by atoms with E-state index in [9.17, 15) is 9.18 Å². The lowest BCUT2D eigenvalue weighted by Gasteiger charge is -2.12. The lowest BCUT2D eigenvalue weighted by molar-refractivity contribution is 0.0386. The lowest BCUT2D eigenvalue weighted by atomic mass is 10.2. The first-order valence-electron chi connectivity index (χ1n) is 5.26. The van der Waals surface area contributed by atoms with Crippen LogP contribution in [0.25, 0.3) is 0 Å². The Morgan fingerprint density at radius 3 is 2.95 bits per heavy atom. The first kappa shape index (κ1) is 16.1. The van der Waals surface area contributed by atoms with Crippen molar-refractivity contribution in [3.05, 3.63) is 28.5 Å². The minimum absolute atomic E-state index is 0.0258. The van der Waals surface area contributed by atoms with Crippen molar-refractivity contribution in [2.24, 2.45) is 4.99 Å². The van der Waals surface area contributed by atoms with Crippen LogP contribution in [-0.2, 0) is 4.74 Å². The number of benzene rings is 1. The first-order chi connectivity index (χ1) is 8.99. The summed E-state index contributed by atoms with van der Waals surface area (Å²) >= 11 is 11.8. The molecule has 3 nitrogen and oxygen atoms in total. The van der Waals surface area contributed by atoms with Crippen molar-refractivity contribution in [1.29, 1.82) is 0 Å².